The highest BCUT2D eigenvalue weighted by Gasteiger charge is 2.03. The van der Waals surface area contributed by atoms with Gasteiger partial charge in [-0.15, -0.1) is 0 Å². The lowest BCUT2D eigenvalue weighted by molar-refractivity contribution is 0.529. The van der Waals surface area contributed by atoms with Crippen LogP contribution in [0.2, 0.25) is 0 Å². The Hall–Kier alpha value is -0.820. The molecule has 1 atom stereocenters. The Labute approximate surface area is 121 Å². The third kappa shape index (κ3) is 15.1. The third-order valence-electron chi connectivity index (χ3n) is 2.68. The lowest BCUT2D eigenvalue weighted by Gasteiger charge is -2.13. The first kappa shape index (κ1) is 20.5. The smallest absolute Gasteiger partial charge is 0.00144 e. The van der Waals surface area contributed by atoms with Crippen LogP contribution in [0, 0.1) is 5.92 Å². The quantitative estimate of drug-likeness (QED) is 0.511. The van der Waals surface area contributed by atoms with Gasteiger partial charge in [-0.1, -0.05) is 64.2 Å². The molecule has 0 heterocycles. The number of nitrogens with one attached hydrogen (secondary N) is 1. The topological polar surface area (TPSA) is 12.0 Å². The number of rotatable bonds is 5. The Morgan fingerprint density at radius 3 is 2.53 bits per heavy atom. The molecule has 0 aromatic carbocycles. The number of allylic oxidation sites excluding steroid dienone is 4. The van der Waals surface area contributed by atoms with Gasteiger partial charge < -0.3 is 5.32 Å². The minimum absolute atomic E-state index is 0.723. The molecule has 0 saturated heterocycles. The van der Waals surface area contributed by atoms with Gasteiger partial charge in [0.05, 0.1) is 0 Å². The molecule has 1 unspecified atom stereocenters. The van der Waals surface area contributed by atoms with E-state index in [9.17, 15) is 0 Å². The summed E-state index contributed by atoms with van der Waals surface area (Å²) in [5.74, 6) is 0.723. The van der Waals surface area contributed by atoms with Gasteiger partial charge in [0.15, 0.2) is 0 Å². The molecule has 19 heavy (non-hydrogen) atoms. The van der Waals surface area contributed by atoms with Gasteiger partial charge >= 0.3 is 0 Å². The first-order valence-electron chi connectivity index (χ1n) is 8.07. The van der Waals surface area contributed by atoms with Crippen LogP contribution in [0.5, 0.6) is 0 Å². The first-order valence-corrected chi connectivity index (χ1v) is 8.07. The van der Waals surface area contributed by atoms with Gasteiger partial charge in [-0.2, -0.15) is 0 Å². The summed E-state index contributed by atoms with van der Waals surface area (Å²) in [6, 6.07) is 0. The van der Waals surface area contributed by atoms with Crippen LogP contribution in [0.25, 0.3) is 0 Å². The molecule has 0 saturated carbocycles. The molecule has 0 amide bonds. The summed E-state index contributed by atoms with van der Waals surface area (Å²) in [5, 5.41) is 3.51. The molecule has 0 bridgehead atoms. The van der Waals surface area contributed by atoms with Crippen molar-refractivity contribution in [3.05, 3.63) is 36.5 Å². The molecule has 1 nitrogen and oxygen atoms in total. The van der Waals surface area contributed by atoms with Crippen LogP contribution >= 0.6 is 0 Å². The highest BCUT2D eigenvalue weighted by Crippen LogP contribution is 2.11. The van der Waals surface area contributed by atoms with Crippen molar-refractivity contribution in [1.29, 1.82) is 0 Å². The Bertz CT molecular complexity index is 226. The van der Waals surface area contributed by atoms with Crippen molar-refractivity contribution >= 4 is 0 Å². The summed E-state index contributed by atoms with van der Waals surface area (Å²) in [4.78, 5) is 0. The normalized spacial score (nSPS) is 19.5. The van der Waals surface area contributed by atoms with Gasteiger partial charge in [-0.05, 0) is 45.1 Å². The number of hydrogen-bond acceptors (Lipinski definition) is 1. The Kier molecular flexibility index (Phi) is 21.1. The second-order valence-corrected chi connectivity index (χ2v) is 4.03. The van der Waals surface area contributed by atoms with Gasteiger partial charge in [0.1, 0.15) is 0 Å². The van der Waals surface area contributed by atoms with Crippen molar-refractivity contribution in [2.45, 2.75) is 60.3 Å². The molecule has 1 rings (SSSR count). The standard InChI is InChI=1S/C14H23N.2C2H6/c1-2-3-9-12-15-13-14-10-7-5-4-6-8-11-14;2*1-2/h2-5,8,11,14-15H,6-7,9-10,12-13H2,1H3;2*1-2H3/b3-2-,5-4-,11-8?;;. The molecule has 0 fully saturated rings. The predicted octanol–water partition coefficient (Wildman–Crippen LogP) is 5.51. The average molecular weight is 265 g/mol. The van der Waals surface area contributed by atoms with E-state index in [4.69, 9.17) is 0 Å². The molecule has 1 N–H and O–H groups in total. The van der Waals surface area contributed by atoms with Gasteiger partial charge in [-0.3, -0.25) is 0 Å². The maximum Gasteiger partial charge on any atom is 0.00144 e. The van der Waals surface area contributed by atoms with E-state index in [0.717, 1.165) is 31.8 Å². The maximum atomic E-state index is 3.51. The maximum absolute atomic E-state index is 3.51. The van der Waals surface area contributed by atoms with E-state index in [1.807, 2.05) is 27.7 Å². The average Bonchev–Trinajstić information content (AvgIpc) is 2.45. The molecule has 1 heteroatoms. The zero-order valence-electron chi connectivity index (χ0n) is 13.8. The lowest BCUT2D eigenvalue weighted by Crippen LogP contribution is -2.22. The molecule has 112 valence electrons. The summed E-state index contributed by atoms with van der Waals surface area (Å²) >= 11 is 0. The molecule has 0 aromatic rings. The minimum Gasteiger partial charge on any atom is -0.316 e. The van der Waals surface area contributed by atoms with Crippen LogP contribution in [0.3, 0.4) is 0 Å². The Morgan fingerprint density at radius 2 is 1.84 bits per heavy atom. The molecule has 0 spiro atoms. The van der Waals surface area contributed by atoms with E-state index in [2.05, 4.69) is 48.7 Å². The van der Waals surface area contributed by atoms with E-state index in [-0.39, 0.29) is 0 Å². The Balaban J connectivity index is 0. The second-order valence-electron chi connectivity index (χ2n) is 4.03. The SMILES string of the molecule is C/C=C\CCNCC1C=CC/C=C\CC1.CC.CC. The van der Waals surface area contributed by atoms with E-state index >= 15 is 0 Å². The minimum atomic E-state index is 0.723. The molecule has 0 aliphatic heterocycles. The Morgan fingerprint density at radius 1 is 1.11 bits per heavy atom. The summed E-state index contributed by atoms with van der Waals surface area (Å²) < 4.78 is 0. The zero-order valence-corrected chi connectivity index (χ0v) is 13.8. The summed E-state index contributed by atoms with van der Waals surface area (Å²) in [7, 11) is 0. The molecule has 0 aromatic heterocycles. The van der Waals surface area contributed by atoms with Crippen LogP contribution in [0.4, 0.5) is 0 Å². The van der Waals surface area contributed by atoms with Crippen LogP contribution in [0.1, 0.15) is 60.3 Å². The van der Waals surface area contributed by atoms with E-state index in [1.54, 1.807) is 0 Å². The van der Waals surface area contributed by atoms with Crippen LogP contribution in [-0.2, 0) is 0 Å². The number of hydrogen-bond donors (Lipinski definition) is 1. The molecule has 1 aliphatic carbocycles. The summed E-state index contributed by atoms with van der Waals surface area (Å²) in [5.41, 5.74) is 0. The highest BCUT2D eigenvalue weighted by atomic mass is 14.8. The van der Waals surface area contributed by atoms with Crippen molar-refractivity contribution in [3.63, 3.8) is 0 Å². The van der Waals surface area contributed by atoms with E-state index in [0.29, 0.717) is 0 Å². The van der Waals surface area contributed by atoms with E-state index in [1.165, 1.54) is 12.8 Å². The fourth-order valence-corrected chi connectivity index (χ4v) is 1.78. The molecule has 0 radical (unpaired) electrons. The van der Waals surface area contributed by atoms with E-state index < -0.39 is 0 Å². The van der Waals surface area contributed by atoms with Gasteiger partial charge in [0.25, 0.3) is 0 Å². The van der Waals surface area contributed by atoms with Crippen molar-refractivity contribution in [3.8, 4) is 0 Å². The predicted molar refractivity (Wildman–Crippen MR) is 90.6 cm³/mol. The van der Waals surface area contributed by atoms with Crippen molar-refractivity contribution in [2.24, 2.45) is 5.92 Å². The summed E-state index contributed by atoms with van der Waals surface area (Å²) in [6.07, 6.45) is 18.3. The van der Waals surface area contributed by atoms with Gasteiger partial charge in [0.2, 0.25) is 0 Å². The van der Waals surface area contributed by atoms with Gasteiger partial charge in [0, 0.05) is 6.54 Å². The van der Waals surface area contributed by atoms with Crippen molar-refractivity contribution in [1.82, 2.24) is 5.32 Å². The van der Waals surface area contributed by atoms with Crippen molar-refractivity contribution < 1.29 is 0 Å². The van der Waals surface area contributed by atoms with Crippen molar-refractivity contribution in [2.75, 3.05) is 13.1 Å². The molecular formula is C18H35N. The molecular weight excluding hydrogens is 230 g/mol. The molecule has 1 aliphatic rings. The summed E-state index contributed by atoms with van der Waals surface area (Å²) in [6.45, 7) is 12.3. The monoisotopic (exact) mass is 265 g/mol. The largest absolute Gasteiger partial charge is 0.316 e. The third-order valence-corrected chi connectivity index (χ3v) is 2.68. The van der Waals surface area contributed by atoms with Crippen LogP contribution in [-0.4, -0.2) is 13.1 Å². The van der Waals surface area contributed by atoms with Crippen LogP contribution in [0.15, 0.2) is 36.5 Å². The fraction of sp³-hybridized carbons (Fsp3) is 0.667. The first-order chi connectivity index (χ1) is 9.43. The second kappa shape index (κ2) is 19.5. The highest BCUT2D eigenvalue weighted by molar-refractivity contribution is 4.99. The lowest BCUT2D eigenvalue weighted by atomic mass is 10.00. The zero-order chi connectivity index (χ0) is 14.8. The fourth-order valence-electron chi connectivity index (χ4n) is 1.78. The van der Waals surface area contributed by atoms with Crippen LogP contribution < -0.4 is 5.32 Å². The van der Waals surface area contributed by atoms with Gasteiger partial charge in [-0.25, -0.2) is 0 Å².